The van der Waals surface area contributed by atoms with E-state index in [1.54, 1.807) is 5.57 Å². The van der Waals surface area contributed by atoms with Crippen molar-refractivity contribution in [3.8, 4) is 0 Å². The Labute approximate surface area is 226 Å². The smallest absolute Gasteiger partial charge is 0.184 e. The third-order valence-electron chi connectivity index (χ3n) is 10.3. The minimum absolute atomic E-state index is 0.273. The normalized spacial score (nSPS) is 40.2. The summed E-state index contributed by atoms with van der Waals surface area (Å²) in [4.78, 5) is 0. The summed E-state index contributed by atoms with van der Waals surface area (Å²) in [5, 5.41) is 0. The molecule has 4 rings (SSSR count). The fourth-order valence-electron chi connectivity index (χ4n) is 8.90. The Morgan fingerprint density at radius 1 is 0.833 bits per heavy atom. The number of hydrogen-bond acceptors (Lipinski definition) is 3. The molecule has 3 fully saturated rings. The van der Waals surface area contributed by atoms with Crippen LogP contribution in [0.4, 0.5) is 0 Å². The molecule has 6 heteroatoms. The molecule has 0 N–H and O–H groups in total. The van der Waals surface area contributed by atoms with Crippen molar-refractivity contribution in [2.45, 2.75) is 136 Å². The van der Waals surface area contributed by atoms with Crippen LogP contribution in [0.1, 0.15) is 65.2 Å². The molecular formula is C30H58O3Si3. The van der Waals surface area contributed by atoms with Gasteiger partial charge in [-0.15, -0.1) is 0 Å². The highest BCUT2D eigenvalue weighted by molar-refractivity contribution is 6.70. The zero-order valence-electron chi connectivity index (χ0n) is 25.6. The number of rotatable bonds is 8. The van der Waals surface area contributed by atoms with Gasteiger partial charge in [-0.25, -0.2) is 0 Å². The van der Waals surface area contributed by atoms with Gasteiger partial charge in [0.25, 0.3) is 0 Å². The standard InChI is InChI=1S/C30H58O3Si3/c1-29-18-16-23(32-35(6,7)8)20-22(29)12-13-24-25-14-15-27(30(25,2)19-17-26(24)29)28(33-36(9,10)11)21-31-34(3,4)5/h12,23-28H,13-21H2,1-11H3/t23-,24?,25?,26?,27+,28-,29-,30-/m0/s1. The van der Waals surface area contributed by atoms with Crippen LogP contribution in [0.5, 0.6) is 0 Å². The predicted molar refractivity (Wildman–Crippen MR) is 161 cm³/mol. The molecule has 0 bridgehead atoms. The molecule has 4 aliphatic rings. The lowest BCUT2D eigenvalue weighted by Crippen LogP contribution is -2.53. The maximum absolute atomic E-state index is 6.94. The molecule has 8 atom stereocenters. The maximum Gasteiger partial charge on any atom is 0.184 e. The molecule has 0 aromatic carbocycles. The van der Waals surface area contributed by atoms with Crippen molar-refractivity contribution in [1.82, 2.24) is 0 Å². The monoisotopic (exact) mass is 550 g/mol. The highest BCUT2D eigenvalue weighted by atomic mass is 28.4. The highest BCUT2D eigenvalue weighted by Crippen LogP contribution is 2.67. The van der Waals surface area contributed by atoms with Crippen molar-refractivity contribution in [2.24, 2.45) is 34.5 Å². The topological polar surface area (TPSA) is 27.7 Å². The van der Waals surface area contributed by atoms with Gasteiger partial charge >= 0.3 is 0 Å². The zero-order valence-corrected chi connectivity index (χ0v) is 28.6. The van der Waals surface area contributed by atoms with E-state index in [9.17, 15) is 0 Å². The van der Waals surface area contributed by atoms with Crippen LogP contribution in [-0.2, 0) is 13.3 Å². The van der Waals surface area contributed by atoms with E-state index in [1.807, 2.05) is 0 Å². The molecule has 3 unspecified atom stereocenters. The van der Waals surface area contributed by atoms with Crippen LogP contribution in [0, 0.1) is 34.5 Å². The molecule has 4 aliphatic carbocycles. The van der Waals surface area contributed by atoms with E-state index < -0.39 is 25.0 Å². The largest absolute Gasteiger partial charge is 0.415 e. The molecular weight excluding hydrogens is 493 g/mol. The summed E-state index contributed by atoms with van der Waals surface area (Å²) in [7, 11) is -4.71. The van der Waals surface area contributed by atoms with Gasteiger partial charge in [0, 0.05) is 6.10 Å². The summed E-state index contributed by atoms with van der Waals surface area (Å²) >= 11 is 0. The van der Waals surface area contributed by atoms with E-state index in [-0.39, 0.29) is 6.10 Å². The van der Waals surface area contributed by atoms with E-state index in [2.05, 4.69) is 78.8 Å². The lowest BCUT2D eigenvalue weighted by molar-refractivity contribution is -0.0726. The third kappa shape index (κ3) is 6.19. The first-order chi connectivity index (χ1) is 16.4. The predicted octanol–water partition coefficient (Wildman–Crippen LogP) is 8.86. The quantitative estimate of drug-likeness (QED) is 0.223. The summed E-state index contributed by atoms with van der Waals surface area (Å²) in [6, 6.07) is 0. The SMILES string of the molecule is C[C@]12CC[C@H](O[Si](C)(C)C)CC1=CCC1C2CC[C@@]2(C)C1CC[C@@H]2[C@H](CO[Si](C)(C)C)O[Si](C)(C)C. The Balaban J connectivity index is 1.53. The summed E-state index contributed by atoms with van der Waals surface area (Å²) in [6.07, 6.45) is 14.0. The van der Waals surface area contributed by atoms with E-state index in [0.717, 1.165) is 24.4 Å². The fraction of sp³-hybridized carbons (Fsp3) is 0.933. The fourth-order valence-corrected chi connectivity index (χ4v) is 11.9. The van der Waals surface area contributed by atoms with Crippen molar-refractivity contribution >= 4 is 25.0 Å². The molecule has 0 spiro atoms. The van der Waals surface area contributed by atoms with Gasteiger partial charge in [0.15, 0.2) is 25.0 Å². The number of allylic oxidation sites excluding steroid dienone is 1. The van der Waals surface area contributed by atoms with Crippen LogP contribution in [0.15, 0.2) is 11.6 Å². The first kappa shape index (κ1) is 29.3. The summed E-state index contributed by atoms with van der Waals surface area (Å²) in [5.74, 6) is 3.19. The van der Waals surface area contributed by atoms with Gasteiger partial charge in [-0.3, -0.25) is 0 Å². The Bertz CT molecular complexity index is 823. The van der Waals surface area contributed by atoms with Crippen LogP contribution < -0.4 is 0 Å². The van der Waals surface area contributed by atoms with Gasteiger partial charge in [-0.1, -0.05) is 25.5 Å². The minimum Gasteiger partial charge on any atom is -0.415 e. The number of hydrogen-bond donors (Lipinski definition) is 0. The van der Waals surface area contributed by atoms with Crippen LogP contribution in [-0.4, -0.2) is 43.8 Å². The van der Waals surface area contributed by atoms with Crippen LogP contribution in [0.3, 0.4) is 0 Å². The molecule has 208 valence electrons. The van der Waals surface area contributed by atoms with E-state index in [4.69, 9.17) is 13.3 Å². The lowest BCUT2D eigenvalue weighted by Gasteiger charge is -2.59. The van der Waals surface area contributed by atoms with Gasteiger partial charge in [0.1, 0.15) is 0 Å². The van der Waals surface area contributed by atoms with Crippen LogP contribution in [0.25, 0.3) is 0 Å². The van der Waals surface area contributed by atoms with Crippen molar-refractivity contribution in [3.63, 3.8) is 0 Å². The van der Waals surface area contributed by atoms with Gasteiger partial charge in [0.2, 0.25) is 0 Å². The zero-order chi connectivity index (χ0) is 26.7. The summed E-state index contributed by atoms with van der Waals surface area (Å²) in [5.41, 5.74) is 2.55. The summed E-state index contributed by atoms with van der Waals surface area (Å²) < 4.78 is 20.1. The minimum atomic E-state index is -1.65. The number of fused-ring (bicyclic) bond motifs is 5. The van der Waals surface area contributed by atoms with Gasteiger partial charge in [0.05, 0.1) is 12.7 Å². The second-order valence-corrected chi connectivity index (χ2v) is 29.7. The van der Waals surface area contributed by atoms with Gasteiger partial charge in [-0.05, 0) is 145 Å². The lowest BCUT2D eigenvalue weighted by atomic mass is 9.47. The maximum atomic E-state index is 6.94. The molecule has 3 nitrogen and oxygen atoms in total. The van der Waals surface area contributed by atoms with Crippen molar-refractivity contribution in [1.29, 1.82) is 0 Å². The Kier molecular flexibility index (Phi) is 8.15. The average Bonchev–Trinajstić information content (AvgIpc) is 3.06. The van der Waals surface area contributed by atoms with E-state index >= 15 is 0 Å². The molecule has 0 amide bonds. The highest BCUT2D eigenvalue weighted by Gasteiger charge is 2.60. The van der Waals surface area contributed by atoms with Crippen LogP contribution in [0.2, 0.25) is 58.9 Å². The molecule has 0 aliphatic heterocycles. The van der Waals surface area contributed by atoms with Crippen molar-refractivity contribution < 1.29 is 13.3 Å². The van der Waals surface area contributed by atoms with Crippen molar-refractivity contribution in [3.05, 3.63) is 11.6 Å². The Morgan fingerprint density at radius 3 is 2.14 bits per heavy atom. The molecule has 0 aromatic heterocycles. The molecule has 3 saturated carbocycles. The van der Waals surface area contributed by atoms with Gasteiger partial charge < -0.3 is 13.3 Å². The molecule has 36 heavy (non-hydrogen) atoms. The van der Waals surface area contributed by atoms with Crippen molar-refractivity contribution in [2.75, 3.05) is 6.61 Å². The Hall–Kier alpha value is 0.271. The van der Waals surface area contributed by atoms with Crippen LogP contribution >= 0.6 is 0 Å². The first-order valence-electron chi connectivity index (χ1n) is 15.1. The molecule has 0 heterocycles. The molecule has 0 aromatic rings. The second kappa shape index (κ2) is 10.0. The summed E-state index contributed by atoms with van der Waals surface area (Å²) in [6.45, 7) is 27.2. The Morgan fingerprint density at radius 2 is 1.53 bits per heavy atom. The third-order valence-corrected chi connectivity index (χ3v) is 13.4. The molecule has 0 radical (unpaired) electrons. The van der Waals surface area contributed by atoms with E-state index in [0.29, 0.717) is 22.9 Å². The van der Waals surface area contributed by atoms with Gasteiger partial charge in [-0.2, -0.15) is 0 Å². The molecule has 0 saturated heterocycles. The second-order valence-electron chi connectivity index (χ2n) is 16.3. The van der Waals surface area contributed by atoms with E-state index in [1.165, 1.54) is 51.4 Å². The average molecular weight is 551 g/mol. The first-order valence-corrected chi connectivity index (χ1v) is 25.3.